The third-order valence-electron chi connectivity index (χ3n) is 6.49. The quantitative estimate of drug-likeness (QED) is 0.330. The van der Waals surface area contributed by atoms with Crippen LogP contribution in [-0.2, 0) is 4.79 Å². The number of hydrogen-bond acceptors (Lipinski definition) is 5. The van der Waals surface area contributed by atoms with Crippen LogP contribution < -0.4 is 19.7 Å². The fraction of sp³-hybridized carbons (Fsp3) is 0.129. The molecule has 1 unspecified atom stereocenters. The van der Waals surface area contributed by atoms with Gasteiger partial charge in [-0.25, -0.2) is 0 Å². The maximum Gasteiger partial charge on any atom is 0.211 e. The van der Waals surface area contributed by atoms with Gasteiger partial charge >= 0.3 is 0 Å². The Hall–Kier alpha value is -4.51. The molecule has 4 aromatic carbocycles. The molecule has 1 aliphatic heterocycles. The molecule has 0 saturated heterocycles. The predicted octanol–water partition coefficient (Wildman–Crippen LogP) is 6.49. The molecule has 0 amide bonds. The van der Waals surface area contributed by atoms with Crippen LogP contribution in [0, 0.1) is 0 Å². The van der Waals surface area contributed by atoms with E-state index >= 15 is 0 Å². The normalized spacial score (nSPS) is 17.3. The van der Waals surface area contributed by atoms with Crippen LogP contribution in [0.2, 0.25) is 0 Å². The van der Waals surface area contributed by atoms with Crippen LogP contribution >= 0.6 is 0 Å². The van der Waals surface area contributed by atoms with Gasteiger partial charge in [0.2, 0.25) is 5.78 Å². The highest BCUT2D eigenvalue weighted by Gasteiger charge is 2.51. The topological polar surface area (TPSA) is 50.8 Å². The summed E-state index contributed by atoms with van der Waals surface area (Å²) in [4.78, 5) is 16.5. The van der Waals surface area contributed by atoms with Crippen LogP contribution in [0.15, 0.2) is 109 Å². The van der Waals surface area contributed by atoms with Crippen molar-refractivity contribution in [3.05, 3.63) is 120 Å². The van der Waals surface area contributed by atoms with Gasteiger partial charge in [0.15, 0.2) is 5.66 Å². The van der Waals surface area contributed by atoms with Crippen LogP contribution in [0.1, 0.15) is 18.1 Å². The molecule has 4 aromatic rings. The van der Waals surface area contributed by atoms with Crippen molar-refractivity contribution in [2.75, 3.05) is 24.4 Å². The second-order valence-corrected chi connectivity index (χ2v) is 8.74. The number of nitrogens with one attached hydrogen (secondary N) is 1. The molecule has 180 valence electrons. The molecule has 0 aliphatic carbocycles. The number of carbonyl (C=O) groups is 1. The Morgan fingerprint density at radius 2 is 1.17 bits per heavy atom. The van der Waals surface area contributed by atoms with E-state index in [0.29, 0.717) is 5.57 Å². The molecule has 5 nitrogen and oxygen atoms in total. The standard InChI is InChI=1S/C31H28N2O3/c1-31(32-24-14-18-26(35-2)19-15-24)30(34)28(22-10-6-4-7-11-22)29(23-12-8-5-9-13-23)33(31)25-16-20-27(36-3)21-17-25/h4-21,32H,1-3H3. The van der Waals surface area contributed by atoms with Crippen LogP contribution in [0.5, 0.6) is 11.5 Å². The molecule has 0 bridgehead atoms. The fourth-order valence-electron chi connectivity index (χ4n) is 4.72. The largest absolute Gasteiger partial charge is 0.497 e. The molecular weight excluding hydrogens is 448 g/mol. The van der Waals surface area contributed by atoms with Gasteiger partial charge in [0.25, 0.3) is 0 Å². The lowest BCUT2D eigenvalue weighted by Crippen LogP contribution is -2.53. The molecule has 1 aliphatic rings. The summed E-state index contributed by atoms with van der Waals surface area (Å²) in [7, 11) is 3.28. The molecule has 36 heavy (non-hydrogen) atoms. The molecule has 5 rings (SSSR count). The highest BCUT2D eigenvalue weighted by atomic mass is 16.5. The van der Waals surface area contributed by atoms with Crippen molar-refractivity contribution < 1.29 is 14.3 Å². The van der Waals surface area contributed by atoms with Gasteiger partial charge in [-0.15, -0.1) is 0 Å². The van der Waals surface area contributed by atoms with Gasteiger partial charge in [0, 0.05) is 11.4 Å². The maximum absolute atomic E-state index is 14.4. The minimum Gasteiger partial charge on any atom is -0.497 e. The Kier molecular flexibility index (Phi) is 6.21. The zero-order valence-corrected chi connectivity index (χ0v) is 20.6. The summed E-state index contributed by atoms with van der Waals surface area (Å²) >= 11 is 0. The van der Waals surface area contributed by atoms with E-state index in [1.807, 2.05) is 116 Å². The molecule has 5 heteroatoms. The molecule has 0 radical (unpaired) electrons. The van der Waals surface area contributed by atoms with Crippen molar-refractivity contribution in [2.24, 2.45) is 0 Å². The van der Waals surface area contributed by atoms with E-state index in [9.17, 15) is 4.79 Å². The Morgan fingerprint density at radius 3 is 1.69 bits per heavy atom. The van der Waals surface area contributed by atoms with Gasteiger partial charge in [-0.3, -0.25) is 4.79 Å². The molecule has 0 spiro atoms. The highest BCUT2D eigenvalue weighted by Crippen LogP contribution is 2.47. The van der Waals surface area contributed by atoms with Crippen molar-refractivity contribution in [1.29, 1.82) is 0 Å². The third kappa shape index (κ3) is 4.09. The Bertz CT molecular complexity index is 1380. The van der Waals surface area contributed by atoms with Crippen molar-refractivity contribution in [3.63, 3.8) is 0 Å². The summed E-state index contributed by atoms with van der Waals surface area (Å²) in [6.07, 6.45) is 0. The number of anilines is 2. The molecule has 1 atom stereocenters. The first-order valence-corrected chi connectivity index (χ1v) is 11.8. The van der Waals surface area contributed by atoms with E-state index in [1.165, 1.54) is 0 Å². The predicted molar refractivity (Wildman–Crippen MR) is 145 cm³/mol. The fourth-order valence-corrected chi connectivity index (χ4v) is 4.72. The summed E-state index contributed by atoms with van der Waals surface area (Å²) in [5.41, 5.74) is 3.94. The van der Waals surface area contributed by atoms with E-state index in [4.69, 9.17) is 9.47 Å². The average Bonchev–Trinajstić information content (AvgIpc) is 3.16. The number of rotatable bonds is 7. The van der Waals surface area contributed by atoms with Gasteiger partial charge < -0.3 is 19.7 Å². The second-order valence-electron chi connectivity index (χ2n) is 8.74. The summed E-state index contributed by atoms with van der Waals surface area (Å²) in [5, 5.41) is 3.54. The first-order valence-electron chi connectivity index (χ1n) is 11.8. The molecule has 0 saturated carbocycles. The van der Waals surface area contributed by atoms with E-state index in [0.717, 1.165) is 39.7 Å². The maximum atomic E-state index is 14.4. The van der Waals surface area contributed by atoms with E-state index in [-0.39, 0.29) is 5.78 Å². The van der Waals surface area contributed by atoms with Gasteiger partial charge in [-0.1, -0.05) is 60.7 Å². The Labute approximate surface area is 211 Å². The number of methoxy groups -OCH3 is 2. The first-order chi connectivity index (χ1) is 17.5. The summed E-state index contributed by atoms with van der Waals surface area (Å²) in [6.45, 7) is 1.93. The number of Topliss-reactive ketones (excluding diaryl/α,β-unsaturated/α-hetero) is 1. The van der Waals surface area contributed by atoms with Crippen molar-refractivity contribution in [2.45, 2.75) is 12.6 Å². The first kappa shape index (κ1) is 23.2. The van der Waals surface area contributed by atoms with E-state index < -0.39 is 5.66 Å². The van der Waals surface area contributed by atoms with Gasteiger partial charge in [-0.05, 0) is 66.6 Å². The number of ketones is 1. The molecule has 1 N–H and O–H groups in total. The van der Waals surface area contributed by atoms with Gasteiger partial charge in [-0.2, -0.15) is 0 Å². The minimum absolute atomic E-state index is 0.0146. The van der Waals surface area contributed by atoms with Crippen molar-refractivity contribution >= 4 is 28.4 Å². The smallest absolute Gasteiger partial charge is 0.211 e. The monoisotopic (exact) mass is 476 g/mol. The number of ether oxygens (including phenoxy) is 2. The number of benzene rings is 4. The van der Waals surface area contributed by atoms with Crippen LogP contribution in [0.3, 0.4) is 0 Å². The van der Waals surface area contributed by atoms with Crippen molar-refractivity contribution in [3.8, 4) is 11.5 Å². The molecule has 0 fully saturated rings. The summed E-state index contributed by atoms with van der Waals surface area (Å²) in [6, 6.07) is 35.3. The molecule has 1 heterocycles. The van der Waals surface area contributed by atoms with Crippen molar-refractivity contribution in [1.82, 2.24) is 0 Å². The summed E-state index contributed by atoms with van der Waals surface area (Å²) in [5.74, 6) is 1.49. The van der Waals surface area contributed by atoms with E-state index in [1.54, 1.807) is 14.2 Å². The third-order valence-corrected chi connectivity index (χ3v) is 6.49. The highest BCUT2D eigenvalue weighted by molar-refractivity contribution is 6.38. The van der Waals surface area contributed by atoms with Crippen LogP contribution in [-0.4, -0.2) is 25.7 Å². The SMILES string of the molecule is COc1ccc(NC2(C)C(=O)C(c3ccccc3)=C(c3ccccc3)N2c2ccc(OC)cc2)cc1. The zero-order chi connectivity index (χ0) is 25.1. The zero-order valence-electron chi connectivity index (χ0n) is 20.6. The van der Waals surface area contributed by atoms with Crippen LogP contribution in [0.4, 0.5) is 11.4 Å². The number of hydrogen-bond donors (Lipinski definition) is 1. The average molecular weight is 477 g/mol. The van der Waals surface area contributed by atoms with Gasteiger partial charge in [0.1, 0.15) is 11.5 Å². The number of nitrogens with zero attached hydrogens (tertiary/aromatic N) is 1. The molecular formula is C31H28N2O3. The Balaban J connectivity index is 1.73. The summed E-state index contributed by atoms with van der Waals surface area (Å²) < 4.78 is 10.7. The lowest BCUT2D eigenvalue weighted by atomic mass is 9.95. The van der Waals surface area contributed by atoms with E-state index in [2.05, 4.69) is 10.2 Å². The van der Waals surface area contributed by atoms with Crippen LogP contribution in [0.25, 0.3) is 11.3 Å². The molecule has 0 aromatic heterocycles. The minimum atomic E-state index is -1.10. The van der Waals surface area contributed by atoms with Gasteiger partial charge in [0.05, 0.1) is 25.5 Å². The second kappa shape index (κ2) is 9.62. The number of carbonyl (C=O) groups excluding carboxylic acids is 1. The Morgan fingerprint density at radius 1 is 0.667 bits per heavy atom. The lowest BCUT2D eigenvalue weighted by Gasteiger charge is -2.39. The lowest BCUT2D eigenvalue weighted by molar-refractivity contribution is -0.116.